The molecule has 2 heteroatoms. The molecule has 1 heterocycles. The van der Waals surface area contributed by atoms with Gasteiger partial charge in [-0.2, -0.15) is 0 Å². The Morgan fingerprint density at radius 2 is 1.94 bits per heavy atom. The van der Waals surface area contributed by atoms with Crippen LogP contribution >= 0.6 is 0 Å². The second-order valence-corrected chi connectivity index (χ2v) is 6.21. The third-order valence-corrected chi connectivity index (χ3v) is 4.55. The maximum Gasteiger partial charge on any atom is 0.0117 e. The van der Waals surface area contributed by atoms with Gasteiger partial charge in [-0.15, -0.1) is 0 Å². The van der Waals surface area contributed by atoms with Crippen molar-refractivity contribution < 1.29 is 0 Å². The first-order chi connectivity index (χ1) is 8.06. The van der Waals surface area contributed by atoms with E-state index in [0.717, 1.165) is 23.9 Å². The number of hydrogen-bond donors (Lipinski definition) is 1. The van der Waals surface area contributed by atoms with Gasteiger partial charge in [0.25, 0.3) is 0 Å². The van der Waals surface area contributed by atoms with Gasteiger partial charge in [0.05, 0.1) is 0 Å². The third-order valence-electron chi connectivity index (χ3n) is 4.55. The van der Waals surface area contributed by atoms with E-state index in [9.17, 15) is 0 Å². The molecule has 102 valence electrons. The van der Waals surface area contributed by atoms with Crippen LogP contribution in [0.1, 0.15) is 53.4 Å². The molecule has 3 atom stereocenters. The fourth-order valence-corrected chi connectivity index (χ4v) is 3.03. The first-order valence-electron chi connectivity index (χ1n) is 7.47. The van der Waals surface area contributed by atoms with Crippen LogP contribution in [0, 0.1) is 11.8 Å². The van der Waals surface area contributed by atoms with E-state index < -0.39 is 0 Å². The van der Waals surface area contributed by atoms with Gasteiger partial charge in [-0.3, -0.25) is 0 Å². The Hall–Kier alpha value is -0.0800. The summed E-state index contributed by atoms with van der Waals surface area (Å²) in [5.74, 6) is 1.64. The summed E-state index contributed by atoms with van der Waals surface area (Å²) in [4.78, 5) is 2.69. The molecule has 0 bridgehead atoms. The summed E-state index contributed by atoms with van der Waals surface area (Å²) < 4.78 is 0. The minimum absolute atomic E-state index is 0.719. The number of piperidine rings is 1. The largest absolute Gasteiger partial charge is 0.317 e. The van der Waals surface area contributed by atoms with Gasteiger partial charge in [0.1, 0.15) is 0 Å². The third kappa shape index (κ3) is 4.59. The van der Waals surface area contributed by atoms with Crippen LogP contribution in [0.2, 0.25) is 0 Å². The predicted molar refractivity (Wildman–Crippen MR) is 76.4 cm³/mol. The lowest BCUT2D eigenvalue weighted by Crippen LogP contribution is -2.52. The fraction of sp³-hybridized carbons (Fsp3) is 1.00. The molecule has 17 heavy (non-hydrogen) atoms. The van der Waals surface area contributed by atoms with E-state index in [1.807, 2.05) is 0 Å². The lowest BCUT2D eigenvalue weighted by molar-refractivity contribution is 0.0858. The van der Waals surface area contributed by atoms with E-state index in [0.29, 0.717) is 0 Å². The van der Waals surface area contributed by atoms with Crippen molar-refractivity contribution in [2.45, 2.75) is 65.5 Å². The molecule has 1 saturated heterocycles. The minimum atomic E-state index is 0.719. The van der Waals surface area contributed by atoms with E-state index in [1.54, 1.807) is 0 Å². The maximum absolute atomic E-state index is 3.46. The molecule has 0 amide bonds. The Labute approximate surface area is 108 Å². The van der Waals surface area contributed by atoms with Crippen molar-refractivity contribution >= 4 is 0 Å². The molecule has 0 saturated carbocycles. The van der Waals surface area contributed by atoms with Crippen LogP contribution in [-0.2, 0) is 0 Å². The Morgan fingerprint density at radius 1 is 1.24 bits per heavy atom. The Kier molecular flexibility index (Phi) is 6.50. The van der Waals surface area contributed by atoms with Gasteiger partial charge in [-0.05, 0) is 51.7 Å². The van der Waals surface area contributed by atoms with Crippen molar-refractivity contribution in [2.75, 3.05) is 20.1 Å². The van der Waals surface area contributed by atoms with Crippen molar-refractivity contribution in [1.29, 1.82) is 0 Å². The highest BCUT2D eigenvalue weighted by Gasteiger charge is 2.30. The van der Waals surface area contributed by atoms with E-state index in [-0.39, 0.29) is 0 Å². The van der Waals surface area contributed by atoms with Gasteiger partial charge in [0, 0.05) is 12.1 Å². The number of rotatable bonds is 6. The highest BCUT2D eigenvalue weighted by molar-refractivity contribution is 4.87. The van der Waals surface area contributed by atoms with Crippen LogP contribution in [0.3, 0.4) is 0 Å². The molecular weight excluding hydrogens is 208 g/mol. The first-order valence-corrected chi connectivity index (χ1v) is 7.47. The molecule has 1 aliphatic heterocycles. The Bertz CT molecular complexity index is 203. The standard InChI is InChI=1S/C15H32N2/c1-12(2)8-6-7-10-17-11-9-15(16-5)13(3)14(17)4/h12-16H,6-11H2,1-5H3. The second kappa shape index (κ2) is 7.38. The molecule has 1 rings (SSSR count). The van der Waals surface area contributed by atoms with E-state index in [2.05, 4.69) is 45.0 Å². The number of hydrogen-bond acceptors (Lipinski definition) is 2. The van der Waals surface area contributed by atoms with Crippen LogP contribution < -0.4 is 5.32 Å². The molecule has 0 aromatic rings. The summed E-state index contributed by atoms with van der Waals surface area (Å²) in [5.41, 5.74) is 0. The van der Waals surface area contributed by atoms with Gasteiger partial charge < -0.3 is 10.2 Å². The summed E-state index contributed by atoms with van der Waals surface area (Å²) >= 11 is 0. The summed E-state index contributed by atoms with van der Waals surface area (Å²) in [5, 5.41) is 3.46. The van der Waals surface area contributed by atoms with Crippen molar-refractivity contribution in [3.05, 3.63) is 0 Å². The summed E-state index contributed by atoms with van der Waals surface area (Å²) in [7, 11) is 2.10. The van der Waals surface area contributed by atoms with Gasteiger partial charge >= 0.3 is 0 Å². The lowest BCUT2D eigenvalue weighted by atomic mass is 9.87. The van der Waals surface area contributed by atoms with Crippen molar-refractivity contribution in [2.24, 2.45) is 11.8 Å². The number of nitrogens with one attached hydrogen (secondary N) is 1. The molecule has 0 aromatic carbocycles. The molecule has 0 aromatic heterocycles. The summed E-state index contributed by atoms with van der Waals surface area (Å²) in [6.45, 7) is 12.0. The highest BCUT2D eigenvalue weighted by Crippen LogP contribution is 2.23. The van der Waals surface area contributed by atoms with Gasteiger partial charge in [0.15, 0.2) is 0 Å². The zero-order chi connectivity index (χ0) is 12.8. The van der Waals surface area contributed by atoms with E-state index >= 15 is 0 Å². The molecule has 2 nitrogen and oxygen atoms in total. The zero-order valence-corrected chi connectivity index (χ0v) is 12.5. The van der Waals surface area contributed by atoms with Crippen molar-refractivity contribution in [3.8, 4) is 0 Å². The van der Waals surface area contributed by atoms with Gasteiger partial charge in [0.2, 0.25) is 0 Å². The Balaban J connectivity index is 2.26. The van der Waals surface area contributed by atoms with Gasteiger partial charge in [-0.1, -0.05) is 33.6 Å². The molecule has 1 aliphatic rings. The van der Waals surface area contributed by atoms with E-state index in [1.165, 1.54) is 38.8 Å². The number of nitrogens with zero attached hydrogens (tertiary/aromatic N) is 1. The monoisotopic (exact) mass is 240 g/mol. The average molecular weight is 240 g/mol. The van der Waals surface area contributed by atoms with Crippen LogP contribution in [0.4, 0.5) is 0 Å². The second-order valence-electron chi connectivity index (χ2n) is 6.21. The van der Waals surface area contributed by atoms with Crippen LogP contribution in [0.15, 0.2) is 0 Å². The molecule has 0 aliphatic carbocycles. The normalized spacial score (nSPS) is 31.1. The van der Waals surface area contributed by atoms with E-state index in [4.69, 9.17) is 0 Å². The van der Waals surface area contributed by atoms with Gasteiger partial charge in [-0.25, -0.2) is 0 Å². The SMILES string of the molecule is CNC1CCN(CCCCC(C)C)C(C)C1C. The van der Waals surface area contributed by atoms with Crippen LogP contribution in [-0.4, -0.2) is 37.1 Å². The summed E-state index contributed by atoms with van der Waals surface area (Å²) in [6, 6.07) is 1.46. The average Bonchev–Trinajstić information content (AvgIpc) is 2.29. The molecule has 3 unspecified atom stereocenters. The number of unbranched alkanes of at least 4 members (excludes halogenated alkanes) is 1. The number of likely N-dealkylation sites (tertiary alicyclic amines) is 1. The summed E-state index contributed by atoms with van der Waals surface area (Å²) in [6.07, 6.45) is 5.47. The molecule has 1 N–H and O–H groups in total. The van der Waals surface area contributed by atoms with Crippen LogP contribution in [0.5, 0.6) is 0 Å². The van der Waals surface area contributed by atoms with Crippen LogP contribution in [0.25, 0.3) is 0 Å². The topological polar surface area (TPSA) is 15.3 Å². The highest BCUT2D eigenvalue weighted by atomic mass is 15.2. The molecule has 0 spiro atoms. The predicted octanol–water partition coefficient (Wildman–Crippen LogP) is 3.13. The Morgan fingerprint density at radius 3 is 2.53 bits per heavy atom. The lowest BCUT2D eigenvalue weighted by Gasteiger charge is -2.42. The maximum atomic E-state index is 3.46. The molecule has 1 fully saturated rings. The quantitative estimate of drug-likeness (QED) is 0.718. The minimum Gasteiger partial charge on any atom is -0.317 e. The zero-order valence-electron chi connectivity index (χ0n) is 12.5. The first kappa shape index (κ1) is 15.0. The molecule has 0 radical (unpaired) electrons. The fourth-order valence-electron chi connectivity index (χ4n) is 3.03. The smallest absolute Gasteiger partial charge is 0.0117 e. The van der Waals surface area contributed by atoms with Crippen molar-refractivity contribution in [3.63, 3.8) is 0 Å². The molecular formula is C15H32N2. The van der Waals surface area contributed by atoms with Crippen molar-refractivity contribution in [1.82, 2.24) is 10.2 Å².